The maximum Gasteiger partial charge on any atom is 0.407 e. The molecule has 0 aliphatic carbocycles. The number of hydrogen-bond donors (Lipinski definition) is 1. The van der Waals surface area contributed by atoms with E-state index in [9.17, 15) is 9.59 Å². The van der Waals surface area contributed by atoms with Gasteiger partial charge in [0.05, 0.1) is 7.11 Å². The number of nitrogens with one attached hydrogen (secondary N) is 1. The number of rotatable bonds is 6. The smallest absolute Gasteiger partial charge is 0.407 e. The third-order valence-corrected chi connectivity index (χ3v) is 3.05. The summed E-state index contributed by atoms with van der Waals surface area (Å²) in [5.41, 5.74) is 0.379. The lowest BCUT2D eigenvalue weighted by Crippen LogP contribution is -2.39. The van der Waals surface area contributed by atoms with Crippen LogP contribution in [0.2, 0.25) is 0 Å². The van der Waals surface area contributed by atoms with Gasteiger partial charge in [-0.2, -0.15) is 0 Å². The van der Waals surface area contributed by atoms with E-state index in [1.807, 2.05) is 24.3 Å². The van der Waals surface area contributed by atoms with Crippen molar-refractivity contribution >= 4 is 12.0 Å². The Morgan fingerprint density at radius 3 is 2.43 bits per heavy atom. The first-order valence-electron chi connectivity index (χ1n) is 7.57. The zero-order valence-electron chi connectivity index (χ0n) is 14.5. The second-order valence-corrected chi connectivity index (χ2v) is 6.18. The highest BCUT2D eigenvalue weighted by Crippen LogP contribution is 2.19. The van der Waals surface area contributed by atoms with Crippen molar-refractivity contribution in [2.75, 3.05) is 20.2 Å². The van der Waals surface area contributed by atoms with Crippen LogP contribution in [0.3, 0.4) is 0 Å². The molecule has 0 heterocycles. The Hall–Kier alpha value is -2.24. The topological polar surface area (TPSA) is 67.9 Å². The quantitative estimate of drug-likeness (QED) is 0.874. The lowest BCUT2D eigenvalue weighted by atomic mass is 10.2. The second kappa shape index (κ2) is 8.41. The van der Waals surface area contributed by atoms with Crippen LogP contribution in [0, 0.1) is 0 Å². The van der Waals surface area contributed by atoms with Gasteiger partial charge in [-0.15, -0.1) is 0 Å². The Morgan fingerprint density at radius 2 is 1.87 bits per heavy atom. The van der Waals surface area contributed by atoms with Crippen molar-refractivity contribution in [3.8, 4) is 5.75 Å². The summed E-state index contributed by atoms with van der Waals surface area (Å²) < 4.78 is 10.5. The van der Waals surface area contributed by atoms with Crippen molar-refractivity contribution in [3.63, 3.8) is 0 Å². The maximum atomic E-state index is 11.8. The van der Waals surface area contributed by atoms with Crippen LogP contribution in [-0.4, -0.2) is 42.7 Å². The first-order valence-corrected chi connectivity index (χ1v) is 7.57. The molecule has 0 radical (unpaired) electrons. The molecule has 0 aromatic heterocycles. The number of carbonyl (C=O) groups is 2. The van der Waals surface area contributed by atoms with E-state index < -0.39 is 11.7 Å². The molecular formula is C17H26N2O4. The summed E-state index contributed by atoms with van der Waals surface area (Å²) in [7, 11) is 1.60. The summed E-state index contributed by atoms with van der Waals surface area (Å²) >= 11 is 0. The Labute approximate surface area is 137 Å². The van der Waals surface area contributed by atoms with E-state index in [-0.39, 0.29) is 5.91 Å². The number of amides is 2. The first-order chi connectivity index (χ1) is 10.7. The minimum atomic E-state index is -0.540. The first kappa shape index (κ1) is 18.8. The highest BCUT2D eigenvalue weighted by Gasteiger charge is 2.17. The highest BCUT2D eigenvalue weighted by atomic mass is 16.6. The molecule has 1 aromatic rings. The molecule has 6 heteroatoms. The molecule has 0 saturated carbocycles. The van der Waals surface area contributed by atoms with Crippen LogP contribution in [-0.2, 0) is 16.1 Å². The van der Waals surface area contributed by atoms with Gasteiger partial charge in [-0.3, -0.25) is 4.79 Å². The lowest BCUT2D eigenvalue weighted by Gasteiger charge is -2.23. The van der Waals surface area contributed by atoms with Gasteiger partial charge in [0.1, 0.15) is 11.4 Å². The third kappa shape index (κ3) is 7.04. The molecule has 0 fully saturated rings. The zero-order valence-corrected chi connectivity index (χ0v) is 14.5. The average molecular weight is 322 g/mol. The monoisotopic (exact) mass is 322 g/mol. The van der Waals surface area contributed by atoms with Gasteiger partial charge < -0.3 is 19.7 Å². The zero-order chi connectivity index (χ0) is 17.5. The van der Waals surface area contributed by atoms with Gasteiger partial charge >= 0.3 is 6.09 Å². The fourth-order valence-electron chi connectivity index (χ4n) is 1.99. The molecule has 1 rings (SSSR count). The number of nitrogens with zero attached hydrogens (tertiary/aromatic N) is 1. The van der Waals surface area contributed by atoms with Crippen molar-refractivity contribution in [2.45, 2.75) is 39.8 Å². The van der Waals surface area contributed by atoms with Crippen molar-refractivity contribution < 1.29 is 19.1 Å². The molecule has 128 valence electrons. The molecule has 0 aliphatic heterocycles. The maximum absolute atomic E-state index is 11.8. The summed E-state index contributed by atoms with van der Waals surface area (Å²) in [6, 6.07) is 7.54. The SMILES string of the molecule is COc1ccccc1CN(CCNC(=O)OC(C)(C)C)C(C)=O. The lowest BCUT2D eigenvalue weighted by molar-refractivity contribution is -0.129. The number of benzene rings is 1. The van der Waals surface area contributed by atoms with Crippen molar-refractivity contribution in [2.24, 2.45) is 0 Å². The van der Waals surface area contributed by atoms with Gasteiger partial charge in [-0.05, 0) is 26.8 Å². The Morgan fingerprint density at radius 1 is 1.22 bits per heavy atom. The van der Waals surface area contributed by atoms with E-state index in [4.69, 9.17) is 9.47 Å². The molecule has 2 amide bonds. The number of ether oxygens (including phenoxy) is 2. The molecule has 6 nitrogen and oxygen atoms in total. The van der Waals surface area contributed by atoms with Crippen LogP contribution in [0.1, 0.15) is 33.3 Å². The van der Waals surface area contributed by atoms with Crippen molar-refractivity contribution in [1.29, 1.82) is 0 Å². The minimum absolute atomic E-state index is 0.0677. The summed E-state index contributed by atoms with van der Waals surface area (Å²) in [4.78, 5) is 25.1. The van der Waals surface area contributed by atoms with E-state index in [0.717, 1.165) is 11.3 Å². The van der Waals surface area contributed by atoms with Crippen molar-refractivity contribution in [3.05, 3.63) is 29.8 Å². The molecule has 23 heavy (non-hydrogen) atoms. The van der Waals surface area contributed by atoms with Gasteiger partial charge in [0, 0.05) is 32.1 Å². The molecule has 1 N–H and O–H groups in total. The predicted molar refractivity (Wildman–Crippen MR) is 88.3 cm³/mol. The fourth-order valence-corrected chi connectivity index (χ4v) is 1.99. The molecule has 0 aliphatic rings. The normalized spacial score (nSPS) is 10.8. The van der Waals surface area contributed by atoms with Gasteiger partial charge in [0.15, 0.2) is 0 Å². The highest BCUT2D eigenvalue weighted by molar-refractivity contribution is 5.73. The molecule has 0 spiro atoms. The summed E-state index contributed by atoms with van der Waals surface area (Å²) in [6.07, 6.45) is -0.488. The molecule has 0 atom stereocenters. The summed E-state index contributed by atoms with van der Waals surface area (Å²) in [5, 5.41) is 2.65. The number of alkyl carbamates (subject to hydrolysis) is 1. The molecule has 0 saturated heterocycles. The third-order valence-electron chi connectivity index (χ3n) is 3.05. The summed E-state index contributed by atoms with van der Waals surface area (Å²) in [5.74, 6) is 0.667. The number of para-hydroxylation sites is 1. The van der Waals surface area contributed by atoms with Crippen LogP contribution < -0.4 is 10.1 Å². The van der Waals surface area contributed by atoms with E-state index in [2.05, 4.69) is 5.32 Å². The van der Waals surface area contributed by atoms with Crippen LogP contribution in [0.5, 0.6) is 5.75 Å². The van der Waals surface area contributed by atoms with Crippen LogP contribution >= 0.6 is 0 Å². The Kier molecular flexibility index (Phi) is 6.88. The number of methoxy groups -OCH3 is 1. The van der Waals surface area contributed by atoms with Crippen LogP contribution in [0.15, 0.2) is 24.3 Å². The number of carbonyl (C=O) groups excluding carboxylic acids is 2. The van der Waals surface area contributed by atoms with E-state index in [1.54, 1.807) is 32.8 Å². The van der Waals surface area contributed by atoms with Crippen LogP contribution in [0.25, 0.3) is 0 Å². The van der Waals surface area contributed by atoms with E-state index in [1.165, 1.54) is 6.92 Å². The van der Waals surface area contributed by atoms with Gasteiger partial charge in [-0.25, -0.2) is 4.79 Å². The fraction of sp³-hybridized carbons (Fsp3) is 0.529. The van der Waals surface area contributed by atoms with Gasteiger partial charge in [0.2, 0.25) is 5.91 Å². The minimum Gasteiger partial charge on any atom is -0.496 e. The van der Waals surface area contributed by atoms with Gasteiger partial charge in [0.25, 0.3) is 0 Å². The van der Waals surface area contributed by atoms with Gasteiger partial charge in [-0.1, -0.05) is 18.2 Å². The molecule has 0 bridgehead atoms. The number of hydrogen-bond acceptors (Lipinski definition) is 4. The molecule has 1 aromatic carbocycles. The molecule has 0 unspecified atom stereocenters. The van der Waals surface area contributed by atoms with E-state index in [0.29, 0.717) is 19.6 Å². The van der Waals surface area contributed by atoms with Crippen LogP contribution in [0.4, 0.5) is 4.79 Å². The predicted octanol–water partition coefficient (Wildman–Crippen LogP) is 2.57. The average Bonchev–Trinajstić information content (AvgIpc) is 2.44. The second-order valence-electron chi connectivity index (χ2n) is 6.18. The Balaban J connectivity index is 2.56. The summed E-state index contributed by atoms with van der Waals surface area (Å²) in [6.45, 7) is 8.05. The standard InChI is InChI=1S/C17H26N2O4/c1-13(20)19(11-10-18-16(21)23-17(2,3)4)12-14-8-6-7-9-15(14)22-5/h6-9H,10-12H2,1-5H3,(H,18,21). The van der Waals surface area contributed by atoms with E-state index >= 15 is 0 Å². The Bertz CT molecular complexity index is 538. The van der Waals surface area contributed by atoms with Crippen molar-refractivity contribution in [1.82, 2.24) is 10.2 Å². The molecular weight excluding hydrogens is 296 g/mol. The largest absolute Gasteiger partial charge is 0.496 e.